The molecule has 9 rings (SSSR count). The molecule has 0 aliphatic carbocycles. The minimum atomic E-state index is -0.604. The Bertz CT molecular complexity index is 3100. The molecule has 7 N–H and O–H groups in total. The maximum atomic E-state index is 14.6. The van der Waals surface area contributed by atoms with Crippen molar-refractivity contribution in [1.29, 1.82) is 0 Å². The van der Waals surface area contributed by atoms with Crippen LogP contribution in [0.25, 0.3) is 0 Å². The molecule has 7 amide bonds. The lowest BCUT2D eigenvalue weighted by Gasteiger charge is -2.24. The van der Waals surface area contributed by atoms with Crippen molar-refractivity contribution >= 4 is 41.5 Å². The van der Waals surface area contributed by atoms with Crippen LogP contribution in [0.15, 0.2) is 97.1 Å². The van der Waals surface area contributed by atoms with Gasteiger partial charge in [0.2, 0.25) is 0 Å². The molecule has 0 radical (unpaired) electrons. The predicted octanol–water partition coefficient (Wildman–Crippen LogP) is 6.85. The first kappa shape index (κ1) is 71.7. The van der Waals surface area contributed by atoms with Crippen LogP contribution in [0.5, 0.6) is 11.5 Å². The van der Waals surface area contributed by atoms with Crippen LogP contribution in [-0.2, 0) is 32.2 Å². The van der Waals surface area contributed by atoms with Crippen LogP contribution in [0.4, 0.5) is 4.79 Å². The molecule has 0 saturated heterocycles. The van der Waals surface area contributed by atoms with Gasteiger partial charge < -0.3 is 65.6 Å². The van der Waals surface area contributed by atoms with Gasteiger partial charge in [0, 0.05) is 114 Å². The molecule has 0 atom stereocenters. The third-order valence-corrected chi connectivity index (χ3v) is 15.3. The zero-order chi connectivity index (χ0) is 65.5. The zero-order valence-electron chi connectivity index (χ0n) is 54.2. The van der Waals surface area contributed by atoms with E-state index >= 15 is 0 Å². The zero-order valence-corrected chi connectivity index (χ0v) is 54.2. The first-order chi connectivity index (χ1) is 43.8. The molecule has 4 heterocycles. The minimum Gasteiger partial charge on any atom is -0.484 e. The van der Waals surface area contributed by atoms with E-state index in [4.69, 9.17) is 28.4 Å². The van der Waals surface area contributed by atoms with Crippen LogP contribution in [0.3, 0.4) is 0 Å². The Morgan fingerprint density at radius 1 is 0.462 bits per heavy atom. The molecule has 492 valence electrons. The van der Waals surface area contributed by atoms with Crippen LogP contribution in [0, 0.1) is 27.7 Å². The summed E-state index contributed by atoms with van der Waals surface area (Å²) >= 11 is 0. The van der Waals surface area contributed by atoms with E-state index in [1.54, 1.807) is 64.3 Å². The van der Waals surface area contributed by atoms with Crippen LogP contribution in [0.1, 0.15) is 136 Å². The molecule has 5 aromatic carbocycles. The van der Waals surface area contributed by atoms with E-state index in [0.717, 1.165) is 17.5 Å². The van der Waals surface area contributed by atoms with Gasteiger partial charge in [0.25, 0.3) is 35.4 Å². The second kappa shape index (κ2) is 37.7. The molecule has 0 fully saturated rings. The van der Waals surface area contributed by atoms with Gasteiger partial charge in [-0.3, -0.25) is 38.6 Å². The van der Waals surface area contributed by atoms with E-state index in [2.05, 4.69) is 42.1 Å². The summed E-state index contributed by atoms with van der Waals surface area (Å²) in [7, 11) is 1.61. The normalized spacial score (nSPS) is 14.2. The number of amides is 7. The number of ether oxygens (including phenoxy) is 6. The first-order valence-electron chi connectivity index (χ1n) is 31.3. The minimum absolute atomic E-state index is 0.0537. The van der Waals surface area contributed by atoms with Gasteiger partial charge in [-0.15, -0.1) is 0 Å². The maximum absolute atomic E-state index is 14.6. The molecule has 22 heteroatoms. The third-order valence-electron chi connectivity index (χ3n) is 15.3. The second-order valence-electron chi connectivity index (χ2n) is 23.1. The van der Waals surface area contributed by atoms with Gasteiger partial charge >= 0.3 is 6.09 Å². The largest absolute Gasteiger partial charge is 0.484 e. The van der Waals surface area contributed by atoms with Crippen molar-refractivity contribution in [3.05, 3.63) is 164 Å². The second-order valence-corrected chi connectivity index (χ2v) is 23.1. The Labute approximate surface area is 535 Å². The summed E-state index contributed by atoms with van der Waals surface area (Å²) < 4.78 is 34.7. The molecular weight excluding hydrogens is 1160 g/mol. The number of hydrogen-bond donors (Lipinski definition) is 7. The Morgan fingerprint density at radius 2 is 0.835 bits per heavy atom. The van der Waals surface area contributed by atoms with Gasteiger partial charge in [-0.2, -0.15) is 0 Å². The fraction of sp³-hybridized carbons (Fsp3) is 0.464. The number of benzene rings is 5. The molecule has 0 unspecified atom stereocenters. The van der Waals surface area contributed by atoms with E-state index in [0.29, 0.717) is 149 Å². The molecular formula is C69H93N9O13. The molecule has 0 aromatic heterocycles. The van der Waals surface area contributed by atoms with Crippen molar-refractivity contribution in [2.24, 2.45) is 0 Å². The smallest absolute Gasteiger partial charge is 0.407 e. The summed E-state index contributed by atoms with van der Waals surface area (Å²) in [5.74, 6) is -1.97. The summed E-state index contributed by atoms with van der Waals surface area (Å²) in [6.45, 7) is 19.2. The highest BCUT2D eigenvalue weighted by molar-refractivity contribution is 6.04. The maximum Gasteiger partial charge on any atom is 0.407 e. The number of nitrogens with zero attached hydrogens (tertiary/aromatic N) is 2. The highest BCUT2D eigenvalue weighted by atomic mass is 16.6. The van der Waals surface area contributed by atoms with E-state index < -0.39 is 23.5 Å². The summed E-state index contributed by atoms with van der Waals surface area (Å²) in [6.07, 6.45) is 1.54. The van der Waals surface area contributed by atoms with Crippen LogP contribution in [-0.4, -0.2) is 182 Å². The lowest BCUT2D eigenvalue weighted by Crippen LogP contribution is -2.43. The standard InChI is InChI=1S/C69H93N9O13/c1-48-50(3)56-24-22-54(48)62(79)71-30-35-77(36-31-72-63(80)55-23-25-57(51(4)49(55)2)65(82)74-34-39-78(38-33-73-64(56)81)40-41-87-44-45-88-43-42-86-8)37-32-75-67(84)59-27-26-58(66(83)70-28-16-11-17-29-76-68(85)91-69(5,6)7)60(89-46-52-18-12-9-13-19-52)61(59)90-47-53-20-14-10-15-21-53/h9-10,12-15,18-27H,11,16-17,28-47H2,1-8H3,(H,70,83)(H,71,79)(H,72,80)(H,73,81)(H,74,82)(H,75,84)(H,76,85). The number of nitrogens with one attached hydrogen (secondary N) is 7. The molecule has 91 heavy (non-hydrogen) atoms. The first-order valence-corrected chi connectivity index (χ1v) is 31.3. The molecule has 4 aliphatic heterocycles. The number of methoxy groups -OCH3 is 1. The number of unbranched alkanes of at least 4 members (excludes halogenated alkanes) is 2. The number of rotatable bonds is 26. The molecule has 4 aliphatic rings. The summed E-state index contributed by atoms with van der Waals surface area (Å²) in [6, 6.07) is 28.6. The summed E-state index contributed by atoms with van der Waals surface area (Å²) in [4.78, 5) is 100.0. The highest BCUT2D eigenvalue weighted by Crippen LogP contribution is 2.37. The Kier molecular flexibility index (Phi) is 29.7. The molecule has 5 aromatic rings. The van der Waals surface area contributed by atoms with E-state index in [1.807, 2.05) is 93.3 Å². The van der Waals surface area contributed by atoms with Crippen LogP contribution < -0.4 is 46.7 Å². The van der Waals surface area contributed by atoms with Gasteiger partial charge in [0.1, 0.15) is 18.8 Å². The van der Waals surface area contributed by atoms with Crippen molar-refractivity contribution in [1.82, 2.24) is 47.0 Å². The Morgan fingerprint density at radius 3 is 1.24 bits per heavy atom. The molecule has 0 saturated carbocycles. The number of hydrogen-bond acceptors (Lipinski definition) is 15. The van der Waals surface area contributed by atoms with Gasteiger partial charge in [-0.25, -0.2) is 4.79 Å². The van der Waals surface area contributed by atoms with Crippen molar-refractivity contribution in [2.45, 2.75) is 86.5 Å². The molecule has 4 bridgehead atoms. The predicted molar refractivity (Wildman–Crippen MR) is 348 cm³/mol. The third kappa shape index (κ3) is 23.7. The monoisotopic (exact) mass is 1260 g/mol. The van der Waals surface area contributed by atoms with Crippen LogP contribution >= 0.6 is 0 Å². The van der Waals surface area contributed by atoms with E-state index in [9.17, 15) is 33.6 Å². The number of carbonyl (C=O) groups is 7. The number of alkyl carbamates (subject to hydrolysis) is 1. The average molecular weight is 1260 g/mol. The SMILES string of the molecule is COCCOCCOCCN1CCNC(=O)c2ccc(c(C)c2C)C(=O)NCCN(CCNC(=O)c2ccc(C(=O)NCCCCCNC(=O)OC(C)(C)C)c(OCc3ccccc3)c2OCc2ccccc2)CCNC(=O)c2ccc(c(C)c2C)C(=O)NCC1. The van der Waals surface area contributed by atoms with Crippen molar-refractivity contribution in [3.8, 4) is 11.5 Å². The number of carbonyl (C=O) groups excluding carboxylic acids is 7. The summed E-state index contributed by atoms with van der Waals surface area (Å²) in [5.41, 5.74) is 5.68. The lowest BCUT2D eigenvalue weighted by atomic mass is 9.97. The quantitative estimate of drug-likeness (QED) is 0.0279. The lowest BCUT2D eigenvalue weighted by molar-refractivity contribution is 0.0196. The van der Waals surface area contributed by atoms with Crippen molar-refractivity contribution < 1.29 is 62.0 Å². The van der Waals surface area contributed by atoms with Gasteiger partial charge in [-0.1, -0.05) is 60.7 Å². The van der Waals surface area contributed by atoms with E-state index in [1.165, 1.54) is 0 Å². The topological polar surface area (TPSA) is 266 Å². The molecule has 0 spiro atoms. The van der Waals surface area contributed by atoms with Crippen molar-refractivity contribution in [2.75, 3.05) is 125 Å². The van der Waals surface area contributed by atoms with Gasteiger partial charge in [0.15, 0.2) is 11.5 Å². The Hall–Kier alpha value is -8.41. The summed E-state index contributed by atoms with van der Waals surface area (Å²) in [5, 5.41) is 20.9. The van der Waals surface area contributed by atoms with Gasteiger partial charge in [-0.05, 0) is 138 Å². The van der Waals surface area contributed by atoms with Crippen molar-refractivity contribution in [3.63, 3.8) is 0 Å². The molecule has 22 nitrogen and oxygen atoms in total. The van der Waals surface area contributed by atoms with Gasteiger partial charge in [0.05, 0.1) is 44.2 Å². The fourth-order valence-corrected chi connectivity index (χ4v) is 9.96. The van der Waals surface area contributed by atoms with E-state index in [-0.39, 0.29) is 85.6 Å². The highest BCUT2D eigenvalue weighted by Gasteiger charge is 2.26. The Balaban J connectivity index is 1.18. The fourth-order valence-electron chi connectivity index (χ4n) is 9.96. The van der Waals surface area contributed by atoms with Crippen LogP contribution in [0.2, 0.25) is 0 Å². The average Bonchev–Trinajstić information content (AvgIpc) is 1.48.